The zero-order valence-corrected chi connectivity index (χ0v) is 11.4. The van der Waals surface area contributed by atoms with Gasteiger partial charge in [0.05, 0.1) is 6.61 Å². The van der Waals surface area contributed by atoms with Gasteiger partial charge in [-0.1, -0.05) is 6.92 Å². The molecular formula is C14H26N2O. The van der Waals surface area contributed by atoms with E-state index < -0.39 is 0 Å². The Bertz CT molecular complexity index is 292. The molecule has 0 bridgehead atoms. The van der Waals surface area contributed by atoms with Gasteiger partial charge in [-0.05, 0) is 44.6 Å². The van der Waals surface area contributed by atoms with E-state index >= 15 is 0 Å². The molecule has 3 nitrogen and oxygen atoms in total. The summed E-state index contributed by atoms with van der Waals surface area (Å²) in [6, 6.07) is 0.740. The molecule has 1 N–H and O–H groups in total. The molecule has 4 unspecified atom stereocenters. The minimum atomic E-state index is 0.366. The lowest BCUT2D eigenvalue weighted by molar-refractivity contribution is -0.0323. The van der Waals surface area contributed by atoms with Gasteiger partial charge < -0.3 is 10.1 Å². The van der Waals surface area contributed by atoms with Crippen LogP contribution in [0.5, 0.6) is 0 Å². The molecule has 0 spiro atoms. The Balaban J connectivity index is 1.79. The molecule has 0 radical (unpaired) electrons. The Morgan fingerprint density at radius 1 is 1.29 bits per heavy atom. The van der Waals surface area contributed by atoms with Gasteiger partial charge in [-0.15, -0.1) is 0 Å². The van der Waals surface area contributed by atoms with Gasteiger partial charge in [0.25, 0.3) is 0 Å². The van der Waals surface area contributed by atoms with Crippen LogP contribution in [0.1, 0.15) is 27.2 Å². The van der Waals surface area contributed by atoms with Crippen LogP contribution in [-0.2, 0) is 4.74 Å². The fraction of sp³-hybridized carbons (Fsp3) is 1.00. The summed E-state index contributed by atoms with van der Waals surface area (Å²) in [5, 5.41) is 3.56. The number of ether oxygens (including phenoxy) is 1. The van der Waals surface area contributed by atoms with E-state index in [1.165, 1.54) is 26.1 Å². The summed E-state index contributed by atoms with van der Waals surface area (Å²) in [4.78, 5) is 2.80. The Kier molecular flexibility index (Phi) is 2.96. The third kappa shape index (κ3) is 1.83. The van der Waals surface area contributed by atoms with E-state index in [9.17, 15) is 0 Å². The van der Waals surface area contributed by atoms with Crippen molar-refractivity contribution in [2.24, 2.45) is 17.8 Å². The molecule has 0 amide bonds. The van der Waals surface area contributed by atoms with Crippen LogP contribution in [0.25, 0.3) is 0 Å². The van der Waals surface area contributed by atoms with Crippen molar-refractivity contribution in [3.8, 4) is 0 Å². The first kappa shape index (κ1) is 11.9. The predicted octanol–water partition coefficient (Wildman–Crippen LogP) is 1.34. The molecule has 0 saturated carbocycles. The number of nitrogens with one attached hydrogen (secondary N) is 1. The van der Waals surface area contributed by atoms with Crippen molar-refractivity contribution in [1.29, 1.82) is 0 Å². The summed E-state index contributed by atoms with van der Waals surface area (Å²) >= 11 is 0. The minimum Gasteiger partial charge on any atom is -0.381 e. The van der Waals surface area contributed by atoms with Gasteiger partial charge in [-0.3, -0.25) is 4.90 Å². The van der Waals surface area contributed by atoms with Gasteiger partial charge in [0.1, 0.15) is 0 Å². The average molecular weight is 238 g/mol. The molecule has 0 aromatic carbocycles. The molecular weight excluding hydrogens is 212 g/mol. The van der Waals surface area contributed by atoms with Crippen LogP contribution in [0.2, 0.25) is 0 Å². The molecule has 4 atom stereocenters. The van der Waals surface area contributed by atoms with Crippen LogP contribution in [0.4, 0.5) is 0 Å². The van der Waals surface area contributed by atoms with Crippen LogP contribution in [0.3, 0.4) is 0 Å². The minimum absolute atomic E-state index is 0.366. The summed E-state index contributed by atoms with van der Waals surface area (Å²) in [7, 11) is 0. The van der Waals surface area contributed by atoms with Crippen LogP contribution in [0, 0.1) is 17.8 Å². The Hall–Kier alpha value is -0.120. The fourth-order valence-corrected chi connectivity index (χ4v) is 4.35. The second-order valence-corrected chi connectivity index (χ2v) is 6.74. The molecule has 17 heavy (non-hydrogen) atoms. The third-order valence-corrected chi connectivity index (χ3v) is 5.41. The molecule has 0 aromatic rings. The van der Waals surface area contributed by atoms with Gasteiger partial charge >= 0.3 is 0 Å². The van der Waals surface area contributed by atoms with Crippen LogP contribution >= 0.6 is 0 Å². The summed E-state index contributed by atoms with van der Waals surface area (Å²) in [6.45, 7) is 12.9. The maximum Gasteiger partial charge on any atom is 0.0506 e. The smallest absolute Gasteiger partial charge is 0.0506 e. The number of hydrogen-bond acceptors (Lipinski definition) is 3. The van der Waals surface area contributed by atoms with Crippen LogP contribution in [0.15, 0.2) is 0 Å². The highest BCUT2D eigenvalue weighted by molar-refractivity contribution is 5.07. The molecule has 0 aromatic heterocycles. The Labute approximate surface area is 105 Å². The summed E-state index contributed by atoms with van der Waals surface area (Å²) in [5.74, 6) is 2.41. The van der Waals surface area contributed by atoms with E-state index in [1.54, 1.807) is 0 Å². The van der Waals surface area contributed by atoms with E-state index in [0.717, 1.165) is 31.1 Å². The lowest BCUT2D eigenvalue weighted by Gasteiger charge is -2.45. The molecule has 3 heterocycles. The van der Waals surface area contributed by atoms with Crippen LogP contribution in [-0.4, -0.2) is 49.3 Å². The average Bonchev–Trinajstić information content (AvgIpc) is 2.83. The highest BCUT2D eigenvalue weighted by Crippen LogP contribution is 2.43. The summed E-state index contributed by atoms with van der Waals surface area (Å²) in [6.07, 6.45) is 1.22. The number of likely N-dealkylation sites (tertiary alicyclic amines) is 1. The molecule has 3 saturated heterocycles. The van der Waals surface area contributed by atoms with E-state index in [2.05, 4.69) is 31.0 Å². The first-order valence-corrected chi connectivity index (χ1v) is 7.16. The normalized spacial score (nSPS) is 46.1. The van der Waals surface area contributed by atoms with Crippen molar-refractivity contribution >= 4 is 0 Å². The van der Waals surface area contributed by atoms with Crippen molar-refractivity contribution < 1.29 is 4.74 Å². The van der Waals surface area contributed by atoms with Crippen LogP contribution < -0.4 is 5.32 Å². The molecule has 0 aliphatic carbocycles. The zero-order valence-electron chi connectivity index (χ0n) is 11.4. The first-order chi connectivity index (χ1) is 8.10. The van der Waals surface area contributed by atoms with E-state index in [1.807, 2.05) is 0 Å². The van der Waals surface area contributed by atoms with E-state index in [0.29, 0.717) is 11.5 Å². The fourth-order valence-electron chi connectivity index (χ4n) is 4.35. The maximum absolute atomic E-state index is 5.59. The number of fused-ring (bicyclic) bond motifs is 1. The summed E-state index contributed by atoms with van der Waals surface area (Å²) < 4.78 is 5.59. The molecule has 3 rings (SSSR count). The van der Waals surface area contributed by atoms with Crippen molar-refractivity contribution in [2.45, 2.75) is 38.8 Å². The lowest BCUT2D eigenvalue weighted by Crippen LogP contribution is -2.54. The molecule has 3 fully saturated rings. The topological polar surface area (TPSA) is 24.5 Å². The highest BCUT2D eigenvalue weighted by atomic mass is 16.5. The molecule has 98 valence electrons. The van der Waals surface area contributed by atoms with Crippen molar-refractivity contribution in [3.05, 3.63) is 0 Å². The van der Waals surface area contributed by atoms with Gasteiger partial charge in [0.2, 0.25) is 0 Å². The van der Waals surface area contributed by atoms with Gasteiger partial charge in [-0.2, -0.15) is 0 Å². The van der Waals surface area contributed by atoms with E-state index in [-0.39, 0.29) is 0 Å². The monoisotopic (exact) mass is 238 g/mol. The van der Waals surface area contributed by atoms with Crippen molar-refractivity contribution in [3.63, 3.8) is 0 Å². The second kappa shape index (κ2) is 4.22. The number of hydrogen-bond donors (Lipinski definition) is 1. The SMILES string of the molecule is CC1COCCC1N1CC2CNCC2C1(C)C. The zero-order chi connectivity index (χ0) is 12.0. The standard InChI is InChI=1S/C14H26N2O/c1-10-9-17-5-4-13(10)16-8-11-6-15-7-12(11)14(16,2)3/h10-13,15H,4-9H2,1-3H3. The lowest BCUT2D eigenvalue weighted by atomic mass is 9.83. The van der Waals surface area contributed by atoms with Gasteiger partial charge in [0.15, 0.2) is 0 Å². The third-order valence-electron chi connectivity index (χ3n) is 5.41. The predicted molar refractivity (Wildman–Crippen MR) is 69.0 cm³/mol. The van der Waals surface area contributed by atoms with Gasteiger partial charge in [-0.25, -0.2) is 0 Å². The molecule has 3 aliphatic rings. The van der Waals surface area contributed by atoms with Crippen molar-refractivity contribution in [2.75, 3.05) is 32.8 Å². The van der Waals surface area contributed by atoms with E-state index in [4.69, 9.17) is 4.74 Å². The van der Waals surface area contributed by atoms with Gasteiger partial charge in [0, 0.05) is 31.3 Å². The first-order valence-electron chi connectivity index (χ1n) is 7.16. The molecule has 3 heteroatoms. The summed E-state index contributed by atoms with van der Waals surface area (Å²) in [5.41, 5.74) is 0.366. The van der Waals surface area contributed by atoms with Crippen molar-refractivity contribution in [1.82, 2.24) is 10.2 Å². The number of rotatable bonds is 1. The maximum atomic E-state index is 5.59. The highest BCUT2D eigenvalue weighted by Gasteiger charge is 2.52. The Morgan fingerprint density at radius 2 is 2.12 bits per heavy atom. The quantitative estimate of drug-likeness (QED) is 0.746. The Morgan fingerprint density at radius 3 is 2.82 bits per heavy atom. The second-order valence-electron chi connectivity index (χ2n) is 6.74. The largest absolute Gasteiger partial charge is 0.381 e. The number of nitrogens with zero attached hydrogens (tertiary/aromatic N) is 1. The molecule has 3 aliphatic heterocycles.